The lowest BCUT2D eigenvalue weighted by molar-refractivity contribution is 0.103. The highest BCUT2D eigenvalue weighted by Crippen LogP contribution is 2.10. The summed E-state index contributed by atoms with van der Waals surface area (Å²) in [6, 6.07) is 16.1. The van der Waals surface area contributed by atoms with Gasteiger partial charge >= 0.3 is 0 Å². The van der Waals surface area contributed by atoms with E-state index in [1.807, 2.05) is 18.2 Å². The molecule has 2 aromatic rings. The zero-order valence-electron chi connectivity index (χ0n) is 8.76. The summed E-state index contributed by atoms with van der Waals surface area (Å²) in [5.74, 6) is 0.00471. The minimum absolute atomic E-state index is 0.000191. The lowest BCUT2D eigenvalue weighted by atomic mass is 10.0. The number of aliphatic hydroxyl groups is 1. The van der Waals surface area contributed by atoms with Crippen molar-refractivity contribution >= 4 is 5.78 Å². The molecule has 0 radical (unpaired) electrons. The lowest BCUT2D eigenvalue weighted by Crippen LogP contribution is -2.00. The second-order valence-corrected chi connectivity index (χ2v) is 3.55. The molecule has 0 aliphatic heterocycles. The summed E-state index contributed by atoms with van der Waals surface area (Å²) in [6.45, 7) is -0.000191. The molecule has 0 aliphatic carbocycles. The predicted octanol–water partition coefficient (Wildman–Crippen LogP) is 2.41. The van der Waals surface area contributed by atoms with Gasteiger partial charge in [-0.1, -0.05) is 54.6 Å². The maximum Gasteiger partial charge on any atom is 0.193 e. The van der Waals surface area contributed by atoms with E-state index in [0.717, 1.165) is 5.56 Å². The first kappa shape index (κ1) is 10.6. The van der Waals surface area contributed by atoms with Gasteiger partial charge in [0.2, 0.25) is 0 Å². The highest BCUT2D eigenvalue weighted by atomic mass is 16.3. The SMILES string of the molecule is O=C(c1ccccc1)c1ccc(CO)cc1. The fourth-order valence-corrected chi connectivity index (χ4v) is 1.52. The molecule has 0 spiro atoms. The Kier molecular flexibility index (Phi) is 3.13. The highest BCUT2D eigenvalue weighted by molar-refractivity contribution is 6.08. The van der Waals surface area contributed by atoms with Crippen molar-refractivity contribution in [3.63, 3.8) is 0 Å². The monoisotopic (exact) mass is 212 g/mol. The average molecular weight is 212 g/mol. The standard InChI is InChI=1S/C14H12O2/c15-10-11-6-8-13(9-7-11)14(16)12-4-2-1-3-5-12/h1-9,15H,10H2. The van der Waals surface area contributed by atoms with Crippen molar-refractivity contribution in [1.82, 2.24) is 0 Å². The molecule has 0 amide bonds. The number of carbonyl (C=O) groups is 1. The first-order valence-corrected chi connectivity index (χ1v) is 5.11. The van der Waals surface area contributed by atoms with Gasteiger partial charge in [-0.05, 0) is 5.56 Å². The van der Waals surface area contributed by atoms with Crippen molar-refractivity contribution in [2.24, 2.45) is 0 Å². The summed E-state index contributed by atoms with van der Waals surface area (Å²) < 4.78 is 0. The van der Waals surface area contributed by atoms with Crippen LogP contribution >= 0.6 is 0 Å². The predicted molar refractivity (Wildman–Crippen MR) is 62.2 cm³/mol. The molecule has 0 unspecified atom stereocenters. The first-order valence-electron chi connectivity index (χ1n) is 5.11. The van der Waals surface area contributed by atoms with Crippen LogP contribution in [0.2, 0.25) is 0 Å². The Morgan fingerprint density at radius 3 is 2.00 bits per heavy atom. The topological polar surface area (TPSA) is 37.3 Å². The largest absolute Gasteiger partial charge is 0.392 e. The Morgan fingerprint density at radius 1 is 0.875 bits per heavy atom. The van der Waals surface area contributed by atoms with Gasteiger partial charge in [0, 0.05) is 11.1 Å². The van der Waals surface area contributed by atoms with Gasteiger partial charge in [0.25, 0.3) is 0 Å². The first-order chi connectivity index (χ1) is 7.81. The average Bonchev–Trinajstić information content (AvgIpc) is 2.39. The number of carbonyl (C=O) groups excluding carboxylic acids is 1. The Bertz CT molecular complexity index is 472. The van der Waals surface area contributed by atoms with Crippen LogP contribution in [0.3, 0.4) is 0 Å². The molecule has 0 aromatic heterocycles. The molecule has 2 heteroatoms. The minimum atomic E-state index is -0.000191. The van der Waals surface area contributed by atoms with E-state index in [4.69, 9.17) is 5.11 Å². The number of benzene rings is 2. The van der Waals surface area contributed by atoms with Crippen molar-refractivity contribution in [2.45, 2.75) is 6.61 Å². The number of ketones is 1. The molecule has 2 rings (SSSR count). The number of hydrogen-bond acceptors (Lipinski definition) is 2. The summed E-state index contributed by atoms with van der Waals surface area (Å²) in [5, 5.41) is 8.90. The summed E-state index contributed by atoms with van der Waals surface area (Å²) in [5.41, 5.74) is 2.13. The van der Waals surface area contributed by atoms with Gasteiger partial charge in [-0.2, -0.15) is 0 Å². The van der Waals surface area contributed by atoms with Crippen LogP contribution in [0.4, 0.5) is 0 Å². The van der Waals surface area contributed by atoms with Gasteiger partial charge in [0.1, 0.15) is 0 Å². The van der Waals surface area contributed by atoms with Crippen LogP contribution < -0.4 is 0 Å². The van der Waals surface area contributed by atoms with Gasteiger partial charge in [-0.3, -0.25) is 4.79 Å². The number of aliphatic hydroxyl groups excluding tert-OH is 1. The quantitative estimate of drug-likeness (QED) is 0.793. The second kappa shape index (κ2) is 4.73. The number of hydrogen-bond donors (Lipinski definition) is 1. The van der Waals surface area contributed by atoms with E-state index >= 15 is 0 Å². The van der Waals surface area contributed by atoms with E-state index in [9.17, 15) is 4.79 Å². The third kappa shape index (κ3) is 2.18. The summed E-state index contributed by atoms with van der Waals surface area (Å²) in [6.07, 6.45) is 0. The van der Waals surface area contributed by atoms with Crippen molar-refractivity contribution in [1.29, 1.82) is 0 Å². The van der Waals surface area contributed by atoms with E-state index < -0.39 is 0 Å². The fraction of sp³-hybridized carbons (Fsp3) is 0.0714. The molecule has 0 bridgehead atoms. The third-order valence-corrected chi connectivity index (χ3v) is 2.43. The zero-order valence-corrected chi connectivity index (χ0v) is 8.76. The molecular formula is C14H12O2. The number of rotatable bonds is 3. The molecule has 1 N–H and O–H groups in total. The molecule has 0 atom stereocenters. The molecule has 0 fully saturated rings. The van der Waals surface area contributed by atoms with Crippen LogP contribution in [-0.2, 0) is 6.61 Å². The highest BCUT2D eigenvalue weighted by Gasteiger charge is 2.07. The molecule has 16 heavy (non-hydrogen) atoms. The van der Waals surface area contributed by atoms with E-state index in [0.29, 0.717) is 11.1 Å². The van der Waals surface area contributed by atoms with Gasteiger partial charge < -0.3 is 5.11 Å². The van der Waals surface area contributed by atoms with Crippen LogP contribution in [0.5, 0.6) is 0 Å². The van der Waals surface area contributed by atoms with Crippen molar-refractivity contribution < 1.29 is 9.90 Å². The Hall–Kier alpha value is -1.93. The second-order valence-electron chi connectivity index (χ2n) is 3.55. The zero-order chi connectivity index (χ0) is 11.4. The summed E-state index contributed by atoms with van der Waals surface area (Å²) >= 11 is 0. The molecule has 0 saturated carbocycles. The third-order valence-electron chi connectivity index (χ3n) is 2.43. The molecule has 0 heterocycles. The van der Waals surface area contributed by atoms with Crippen LogP contribution in [0.15, 0.2) is 54.6 Å². The van der Waals surface area contributed by atoms with Gasteiger partial charge in [0.05, 0.1) is 6.61 Å². The minimum Gasteiger partial charge on any atom is -0.392 e. The van der Waals surface area contributed by atoms with Crippen LogP contribution in [0, 0.1) is 0 Å². The lowest BCUT2D eigenvalue weighted by Gasteiger charge is -2.01. The van der Waals surface area contributed by atoms with Crippen molar-refractivity contribution in [3.8, 4) is 0 Å². The summed E-state index contributed by atoms with van der Waals surface area (Å²) in [4.78, 5) is 12.0. The fourth-order valence-electron chi connectivity index (χ4n) is 1.52. The maximum absolute atomic E-state index is 12.0. The Labute approximate surface area is 94.2 Å². The molecule has 2 aromatic carbocycles. The van der Waals surface area contributed by atoms with Gasteiger partial charge in [-0.15, -0.1) is 0 Å². The smallest absolute Gasteiger partial charge is 0.193 e. The molecular weight excluding hydrogens is 200 g/mol. The van der Waals surface area contributed by atoms with Crippen LogP contribution in [-0.4, -0.2) is 10.9 Å². The maximum atomic E-state index is 12.0. The molecule has 80 valence electrons. The van der Waals surface area contributed by atoms with Crippen molar-refractivity contribution in [3.05, 3.63) is 71.3 Å². The van der Waals surface area contributed by atoms with Gasteiger partial charge in [0.15, 0.2) is 5.78 Å². The molecule has 2 nitrogen and oxygen atoms in total. The van der Waals surface area contributed by atoms with E-state index in [-0.39, 0.29) is 12.4 Å². The van der Waals surface area contributed by atoms with E-state index in [1.54, 1.807) is 36.4 Å². The van der Waals surface area contributed by atoms with Crippen molar-refractivity contribution in [2.75, 3.05) is 0 Å². The normalized spacial score (nSPS) is 10.1. The Morgan fingerprint density at radius 2 is 1.44 bits per heavy atom. The van der Waals surface area contributed by atoms with Crippen LogP contribution in [0.25, 0.3) is 0 Å². The molecule has 0 saturated heterocycles. The molecule has 0 aliphatic rings. The van der Waals surface area contributed by atoms with E-state index in [2.05, 4.69) is 0 Å². The van der Waals surface area contributed by atoms with E-state index in [1.165, 1.54) is 0 Å². The van der Waals surface area contributed by atoms with Crippen LogP contribution in [0.1, 0.15) is 21.5 Å². The Balaban J connectivity index is 2.28. The van der Waals surface area contributed by atoms with Gasteiger partial charge in [-0.25, -0.2) is 0 Å². The summed E-state index contributed by atoms with van der Waals surface area (Å²) in [7, 11) is 0.